The molecule has 0 aromatic carbocycles. The molecule has 1 heterocycles. The van der Waals surface area contributed by atoms with Crippen LogP contribution < -0.4 is 5.32 Å². The number of rotatable bonds is 5. The summed E-state index contributed by atoms with van der Waals surface area (Å²) in [5.41, 5.74) is 0. The van der Waals surface area contributed by atoms with Crippen LogP contribution in [0.3, 0.4) is 0 Å². The molecule has 102 valence electrons. The van der Waals surface area contributed by atoms with Gasteiger partial charge in [0.25, 0.3) is 0 Å². The average Bonchev–Trinajstić information content (AvgIpc) is 2.98. The van der Waals surface area contributed by atoms with Crippen LogP contribution in [0.5, 0.6) is 0 Å². The predicted molar refractivity (Wildman–Crippen MR) is 71.6 cm³/mol. The SMILES string of the molecule is CNC(C)C(c1nc(C2CCCC2)no1)C(C)C. The van der Waals surface area contributed by atoms with Crippen molar-refractivity contribution in [3.63, 3.8) is 0 Å². The summed E-state index contributed by atoms with van der Waals surface area (Å²) in [5, 5.41) is 7.50. The van der Waals surface area contributed by atoms with Crippen molar-refractivity contribution in [3.05, 3.63) is 11.7 Å². The smallest absolute Gasteiger partial charge is 0.231 e. The molecule has 1 N–H and O–H groups in total. The van der Waals surface area contributed by atoms with Crippen molar-refractivity contribution in [1.29, 1.82) is 0 Å². The van der Waals surface area contributed by atoms with Crippen LogP contribution in [0.2, 0.25) is 0 Å². The lowest BCUT2D eigenvalue weighted by atomic mass is 9.89. The van der Waals surface area contributed by atoms with Crippen molar-refractivity contribution in [2.75, 3.05) is 7.05 Å². The lowest BCUT2D eigenvalue weighted by molar-refractivity contribution is 0.284. The van der Waals surface area contributed by atoms with E-state index in [0.717, 1.165) is 11.7 Å². The van der Waals surface area contributed by atoms with Crippen LogP contribution in [0.15, 0.2) is 4.52 Å². The van der Waals surface area contributed by atoms with Gasteiger partial charge in [0.05, 0.1) is 5.92 Å². The standard InChI is InChI=1S/C14H25N3O/c1-9(2)12(10(3)15-4)14-16-13(17-18-14)11-7-5-6-8-11/h9-12,15H,5-8H2,1-4H3. The molecule has 1 fully saturated rings. The predicted octanol–water partition coefficient (Wildman–Crippen LogP) is 3.07. The zero-order chi connectivity index (χ0) is 13.1. The molecule has 0 aliphatic heterocycles. The first-order valence-corrected chi connectivity index (χ1v) is 7.14. The van der Waals surface area contributed by atoms with Gasteiger partial charge >= 0.3 is 0 Å². The first-order chi connectivity index (χ1) is 8.63. The number of aromatic nitrogens is 2. The van der Waals surface area contributed by atoms with Gasteiger partial charge in [-0.25, -0.2) is 0 Å². The Balaban J connectivity index is 2.15. The molecule has 0 amide bonds. The fourth-order valence-corrected chi connectivity index (χ4v) is 2.99. The molecule has 2 rings (SSSR count). The zero-order valence-electron chi connectivity index (χ0n) is 11.9. The lowest BCUT2D eigenvalue weighted by Gasteiger charge is -2.23. The molecular formula is C14H25N3O. The summed E-state index contributed by atoms with van der Waals surface area (Å²) in [7, 11) is 1.98. The highest BCUT2D eigenvalue weighted by Gasteiger charge is 2.29. The van der Waals surface area contributed by atoms with Gasteiger partial charge in [0.2, 0.25) is 5.89 Å². The molecular weight excluding hydrogens is 226 g/mol. The fourth-order valence-electron chi connectivity index (χ4n) is 2.99. The van der Waals surface area contributed by atoms with E-state index in [0.29, 0.717) is 17.9 Å². The zero-order valence-corrected chi connectivity index (χ0v) is 11.9. The fraction of sp³-hybridized carbons (Fsp3) is 0.857. The van der Waals surface area contributed by atoms with Gasteiger partial charge in [0.15, 0.2) is 5.82 Å². The molecule has 0 bridgehead atoms. The molecule has 0 saturated heterocycles. The van der Waals surface area contributed by atoms with E-state index in [4.69, 9.17) is 4.52 Å². The van der Waals surface area contributed by atoms with Crippen LogP contribution in [0.1, 0.15) is 70.0 Å². The number of nitrogens with zero attached hydrogens (tertiary/aromatic N) is 2. The minimum atomic E-state index is 0.289. The van der Waals surface area contributed by atoms with Gasteiger partial charge in [-0.3, -0.25) is 0 Å². The third-order valence-electron chi connectivity index (χ3n) is 4.18. The van der Waals surface area contributed by atoms with Crippen molar-refractivity contribution in [2.24, 2.45) is 5.92 Å². The lowest BCUT2D eigenvalue weighted by Crippen LogP contribution is -2.32. The monoisotopic (exact) mass is 251 g/mol. The Bertz CT molecular complexity index is 369. The summed E-state index contributed by atoms with van der Waals surface area (Å²) >= 11 is 0. The number of hydrogen-bond donors (Lipinski definition) is 1. The molecule has 4 heteroatoms. The molecule has 1 aromatic heterocycles. The summed E-state index contributed by atoms with van der Waals surface area (Å²) < 4.78 is 5.52. The van der Waals surface area contributed by atoms with Crippen LogP contribution in [0.25, 0.3) is 0 Å². The van der Waals surface area contributed by atoms with E-state index in [2.05, 4.69) is 36.2 Å². The summed E-state index contributed by atoms with van der Waals surface area (Å²) in [5.74, 6) is 3.03. The topological polar surface area (TPSA) is 51.0 Å². The normalized spacial score (nSPS) is 20.5. The summed E-state index contributed by atoms with van der Waals surface area (Å²) in [6.45, 7) is 6.58. The highest BCUT2D eigenvalue weighted by Crippen LogP contribution is 2.34. The Morgan fingerprint density at radius 3 is 2.44 bits per heavy atom. The van der Waals surface area contributed by atoms with E-state index in [9.17, 15) is 0 Å². The second-order valence-electron chi connectivity index (χ2n) is 5.82. The average molecular weight is 251 g/mol. The second-order valence-corrected chi connectivity index (χ2v) is 5.82. The number of nitrogens with one attached hydrogen (secondary N) is 1. The van der Waals surface area contributed by atoms with E-state index in [1.807, 2.05) is 7.05 Å². The van der Waals surface area contributed by atoms with E-state index in [1.165, 1.54) is 25.7 Å². The van der Waals surface area contributed by atoms with Crippen molar-refractivity contribution >= 4 is 0 Å². The molecule has 18 heavy (non-hydrogen) atoms. The largest absolute Gasteiger partial charge is 0.339 e. The molecule has 0 radical (unpaired) electrons. The van der Waals surface area contributed by atoms with E-state index in [1.54, 1.807) is 0 Å². The maximum atomic E-state index is 5.52. The van der Waals surface area contributed by atoms with Crippen molar-refractivity contribution in [3.8, 4) is 0 Å². The van der Waals surface area contributed by atoms with E-state index in [-0.39, 0.29) is 5.92 Å². The van der Waals surface area contributed by atoms with Gasteiger partial charge in [0, 0.05) is 12.0 Å². The molecule has 1 aliphatic rings. The minimum Gasteiger partial charge on any atom is -0.339 e. The van der Waals surface area contributed by atoms with Crippen LogP contribution >= 0.6 is 0 Å². The van der Waals surface area contributed by atoms with Crippen LogP contribution in [-0.2, 0) is 0 Å². The summed E-state index contributed by atoms with van der Waals surface area (Å²) in [4.78, 5) is 4.67. The highest BCUT2D eigenvalue weighted by atomic mass is 16.5. The van der Waals surface area contributed by atoms with Crippen molar-refractivity contribution < 1.29 is 4.52 Å². The first-order valence-electron chi connectivity index (χ1n) is 7.14. The first kappa shape index (κ1) is 13.5. The Kier molecular flexibility index (Phi) is 4.38. The number of likely N-dealkylation sites (N-methyl/N-ethyl adjacent to an activating group) is 1. The Labute approximate surface area is 110 Å². The third-order valence-corrected chi connectivity index (χ3v) is 4.18. The third kappa shape index (κ3) is 2.74. The second kappa shape index (κ2) is 5.83. The minimum absolute atomic E-state index is 0.289. The Morgan fingerprint density at radius 1 is 1.22 bits per heavy atom. The Hall–Kier alpha value is -0.900. The maximum Gasteiger partial charge on any atom is 0.231 e. The van der Waals surface area contributed by atoms with Crippen LogP contribution in [-0.4, -0.2) is 23.2 Å². The molecule has 2 unspecified atom stereocenters. The molecule has 0 spiro atoms. The molecule has 1 aromatic rings. The highest BCUT2D eigenvalue weighted by molar-refractivity contribution is 5.04. The molecule has 2 atom stereocenters. The summed E-state index contributed by atoms with van der Waals surface area (Å²) in [6.07, 6.45) is 5.03. The van der Waals surface area contributed by atoms with E-state index >= 15 is 0 Å². The van der Waals surface area contributed by atoms with Crippen LogP contribution in [0.4, 0.5) is 0 Å². The molecule has 4 nitrogen and oxygen atoms in total. The molecule has 1 saturated carbocycles. The van der Waals surface area contributed by atoms with E-state index < -0.39 is 0 Å². The van der Waals surface area contributed by atoms with Crippen LogP contribution in [0, 0.1) is 5.92 Å². The maximum absolute atomic E-state index is 5.52. The molecule has 1 aliphatic carbocycles. The quantitative estimate of drug-likeness (QED) is 0.873. The van der Waals surface area contributed by atoms with Gasteiger partial charge in [-0.15, -0.1) is 0 Å². The van der Waals surface area contributed by atoms with Gasteiger partial charge in [-0.1, -0.05) is 31.8 Å². The van der Waals surface area contributed by atoms with Gasteiger partial charge in [0.1, 0.15) is 0 Å². The Morgan fingerprint density at radius 2 is 1.89 bits per heavy atom. The van der Waals surface area contributed by atoms with Crippen molar-refractivity contribution in [1.82, 2.24) is 15.5 Å². The van der Waals surface area contributed by atoms with Gasteiger partial charge < -0.3 is 9.84 Å². The summed E-state index contributed by atoms with van der Waals surface area (Å²) in [6, 6.07) is 0.349. The van der Waals surface area contributed by atoms with Crippen molar-refractivity contribution in [2.45, 2.75) is 64.3 Å². The number of hydrogen-bond acceptors (Lipinski definition) is 4. The van der Waals surface area contributed by atoms with Gasteiger partial charge in [-0.05, 0) is 32.7 Å². The van der Waals surface area contributed by atoms with Gasteiger partial charge in [-0.2, -0.15) is 4.98 Å².